The summed E-state index contributed by atoms with van der Waals surface area (Å²) in [6.07, 6.45) is 1.70. The van der Waals surface area contributed by atoms with E-state index in [0.29, 0.717) is 12.3 Å². The third-order valence-corrected chi connectivity index (χ3v) is 5.90. The number of amides is 1. The van der Waals surface area contributed by atoms with Gasteiger partial charge in [-0.1, -0.05) is 19.9 Å². The second-order valence-corrected chi connectivity index (χ2v) is 7.64. The summed E-state index contributed by atoms with van der Waals surface area (Å²) >= 11 is 0. The maximum atomic E-state index is 13.8. The number of nitrogens with one attached hydrogen (secondary N) is 1. The van der Waals surface area contributed by atoms with E-state index in [1.54, 1.807) is 0 Å². The second kappa shape index (κ2) is 5.00. The van der Waals surface area contributed by atoms with Gasteiger partial charge < -0.3 is 10.1 Å². The van der Waals surface area contributed by atoms with E-state index in [4.69, 9.17) is 4.74 Å². The Kier molecular flexibility index (Phi) is 3.28. The van der Waals surface area contributed by atoms with Crippen LogP contribution in [-0.2, 0) is 9.53 Å². The van der Waals surface area contributed by atoms with Gasteiger partial charge in [0.2, 0.25) is 5.91 Å². The maximum Gasteiger partial charge on any atom is 0.224 e. The molecule has 5 atom stereocenters. The lowest BCUT2D eigenvalue weighted by Crippen LogP contribution is -2.66. The minimum atomic E-state index is -0.557. The summed E-state index contributed by atoms with van der Waals surface area (Å²) in [5.41, 5.74) is -0.0209. The Bertz CT molecular complexity index is 640. The standard InChI is InChI=1S/C18H21F2NO2/c1-18(2)15(9-6-7-23-16(9)18)21-17(22)11-8-10(11)14-12(19)4-3-5-13(14)20/h3-5,9-11,15-16H,6-8H2,1-2H3,(H,21,22)/t9-,10-,11+,15+,16-/m0/s1. The van der Waals surface area contributed by atoms with Crippen LogP contribution in [0.3, 0.4) is 0 Å². The van der Waals surface area contributed by atoms with Crippen LogP contribution < -0.4 is 5.32 Å². The number of hydrogen-bond donors (Lipinski definition) is 1. The zero-order valence-electron chi connectivity index (χ0n) is 13.3. The molecule has 5 heteroatoms. The van der Waals surface area contributed by atoms with Gasteiger partial charge in [-0.2, -0.15) is 0 Å². The molecule has 1 N–H and O–H groups in total. The molecule has 23 heavy (non-hydrogen) atoms. The molecule has 2 aliphatic carbocycles. The average molecular weight is 321 g/mol. The van der Waals surface area contributed by atoms with Gasteiger partial charge in [0, 0.05) is 41.4 Å². The van der Waals surface area contributed by atoms with Crippen molar-refractivity contribution in [2.24, 2.45) is 17.3 Å². The molecule has 1 saturated heterocycles. The fourth-order valence-corrected chi connectivity index (χ4v) is 4.55. The summed E-state index contributed by atoms with van der Waals surface area (Å²) < 4.78 is 33.4. The first-order valence-corrected chi connectivity index (χ1v) is 8.27. The molecule has 1 aromatic carbocycles. The molecule has 0 spiro atoms. The molecule has 0 unspecified atom stereocenters. The Labute approximate surface area is 134 Å². The number of rotatable bonds is 3. The number of ether oxygens (including phenoxy) is 1. The van der Waals surface area contributed by atoms with E-state index in [0.717, 1.165) is 13.0 Å². The van der Waals surface area contributed by atoms with Crippen molar-refractivity contribution in [2.75, 3.05) is 6.61 Å². The number of carbonyl (C=O) groups is 1. The van der Waals surface area contributed by atoms with Crippen LogP contribution in [0.25, 0.3) is 0 Å². The molecular weight excluding hydrogens is 300 g/mol. The highest BCUT2D eigenvalue weighted by atomic mass is 19.1. The quantitative estimate of drug-likeness (QED) is 0.929. The Hall–Kier alpha value is -1.49. The highest BCUT2D eigenvalue weighted by molar-refractivity contribution is 5.83. The smallest absolute Gasteiger partial charge is 0.224 e. The van der Waals surface area contributed by atoms with Crippen molar-refractivity contribution < 1.29 is 18.3 Å². The lowest BCUT2D eigenvalue weighted by atomic mass is 9.57. The fraction of sp³-hybridized carbons (Fsp3) is 0.611. The van der Waals surface area contributed by atoms with E-state index in [9.17, 15) is 13.6 Å². The zero-order valence-corrected chi connectivity index (χ0v) is 13.3. The molecule has 1 heterocycles. The summed E-state index contributed by atoms with van der Waals surface area (Å²) in [6.45, 7) is 4.95. The number of hydrogen-bond acceptors (Lipinski definition) is 2. The molecule has 2 saturated carbocycles. The molecular formula is C18H21F2NO2. The van der Waals surface area contributed by atoms with Crippen LogP contribution in [0.15, 0.2) is 18.2 Å². The van der Waals surface area contributed by atoms with Crippen molar-refractivity contribution in [1.82, 2.24) is 5.32 Å². The minimum absolute atomic E-state index is 0.0580. The monoisotopic (exact) mass is 321 g/mol. The van der Waals surface area contributed by atoms with E-state index in [1.807, 2.05) is 0 Å². The van der Waals surface area contributed by atoms with Gasteiger partial charge in [-0.15, -0.1) is 0 Å². The van der Waals surface area contributed by atoms with Gasteiger partial charge in [-0.05, 0) is 25.0 Å². The Morgan fingerprint density at radius 3 is 2.70 bits per heavy atom. The fourth-order valence-electron chi connectivity index (χ4n) is 4.55. The van der Waals surface area contributed by atoms with Gasteiger partial charge in [0.25, 0.3) is 0 Å². The number of fused-ring (bicyclic) bond motifs is 1. The van der Waals surface area contributed by atoms with Crippen molar-refractivity contribution in [3.05, 3.63) is 35.4 Å². The molecule has 124 valence electrons. The Morgan fingerprint density at radius 2 is 2.00 bits per heavy atom. The lowest BCUT2D eigenvalue weighted by Gasteiger charge is -2.54. The van der Waals surface area contributed by atoms with Crippen LogP contribution >= 0.6 is 0 Å². The topological polar surface area (TPSA) is 38.3 Å². The molecule has 1 amide bonds. The molecule has 0 radical (unpaired) electrons. The predicted octanol–water partition coefficient (Wildman–Crippen LogP) is 3.00. The van der Waals surface area contributed by atoms with Crippen molar-refractivity contribution in [3.63, 3.8) is 0 Å². The number of carbonyl (C=O) groups excluding carboxylic acids is 1. The molecule has 3 fully saturated rings. The summed E-state index contributed by atoms with van der Waals surface area (Å²) in [5, 5.41) is 3.11. The first-order chi connectivity index (χ1) is 10.9. The third-order valence-electron chi connectivity index (χ3n) is 5.90. The van der Waals surface area contributed by atoms with Crippen LogP contribution in [0.1, 0.15) is 38.2 Å². The first-order valence-electron chi connectivity index (χ1n) is 8.27. The average Bonchev–Trinajstić information content (AvgIpc) is 3.13. The van der Waals surface area contributed by atoms with Crippen LogP contribution in [0, 0.1) is 28.9 Å². The number of benzene rings is 1. The SMILES string of the molecule is CC1(C)[C@H](NC(=O)[C@@H]2C[C@@H]2c2c(F)cccc2F)[C@@H]2CCO[C@@H]21. The third kappa shape index (κ3) is 2.20. The Balaban J connectivity index is 1.44. The van der Waals surface area contributed by atoms with Crippen LogP contribution in [0.5, 0.6) is 0 Å². The van der Waals surface area contributed by atoms with E-state index in [1.165, 1.54) is 18.2 Å². The summed E-state index contributed by atoms with van der Waals surface area (Å²) in [7, 11) is 0. The largest absolute Gasteiger partial charge is 0.377 e. The normalized spacial score (nSPS) is 37.0. The van der Waals surface area contributed by atoms with Gasteiger partial charge in [-0.25, -0.2) is 8.78 Å². The molecule has 0 aromatic heterocycles. The number of halogens is 2. The van der Waals surface area contributed by atoms with Crippen molar-refractivity contribution >= 4 is 5.91 Å². The summed E-state index contributed by atoms with van der Waals surface area (Å²) in [6, 6.07) is 3.94. The predicted molar refractivity (Wildman–Crippen MR) is 80.8 cm³/mol. The molecule has 4 rings (SSSR count). The van der Waals surface area contributed by atoms with Crippen LogP contribution in [0.4, 0.5) is 8.78 Å². The first kappa shape index (κ1) is 15.1. The van der Waals surface area contributed by atoms with Gasteiger partial charge in [0.05, 0.1) is 6.10 Å². The van der Waals surface area contributed by atoms with Crippen molar-refractivity contribution in [3.8, 4) is 0 Å². The molecule has 0 bridgehead atoms. The molecule has 3 aliphatic rings. The second-order valence-electron chi connectivity index (χ2n) is 7.64. The molecule has 1 aliphatic heterocycles. The van der Waals surface area contributed by atoms with E-state index >= 15 is 0 Å². The van der Waals surface area contributed by atoms with Crippen LogP contribution in [0.2, 0.25) is 0 Å². The minimum Gasteiger partial charge on any atom is -0.377 e. The molecule has 3 nitrogen and oxygen atoms in total. The maximum absolute atomic E-state index is 13.8. The highest BCUT2D eigenvalue weighted by Crippen LogP contribution is 2.54. The van der Waals surface area contributed by atoms with Gasteiger partial charge in [-0.3, -0.25) is 4.79 Å². The van der Waals surface area contributed by atoms with Gasteiger partial charge in [0.1, 0.15) is 11.6 Å². The van der Waals surface area contributed by atoms with E-state index < -0.39 is 11.6 Å². The summed E-state index contributed by atoms with van der Waals surface area (Å²) in [5.74, 6) is -1.48. The van der Waals surface area contributed by atoms with Crippen LogP contribution in [-0.4, -0.2) is 24.7 Å². The van der Waals surface area contributed by atoms with Crippen molar-refractivity contribution in [2.45, 2.75) is 44.8 Å². The zero-order chi connectivity index (χ0) is 16.4. The Morgan fingerprint density at radius 1 is 1.30 bits per heavy atom. The molecule has 1 aromatic rings. The van der Waals surface area contributed by atoms with E-state index in [-0.39, 0.29) is 40.9 Å². The van der Waals surface area contributed by atoms with Gasteiger partial charge >= 0.3 is 0 Å². The highest BCUT2D eigenvalue weighted by Gasteiger charge is 2.60. The van der Waals surface area contributed by atoms with E-state index in [2.05, 4.69) is 19.2 Å². The lowest BCUT2D eigenvalue weighted by molar-refractivity contribution is -0.138. The van der Waals surface area contributed by atoms with Crippen molar-refractivity contribution in [1.29, 1.82) is 0 Å². The summed E-state index contributed by atoms with van der Waals surface area (Å²) in [4.78, 5) is 12.5. The van der Waals surface area contributed by atoms with Gasteiger partial charge in [0.15, 0.2) is 0 Å².